The second-order valence-electron chi connectivity index (χ2n) is 4.98. The molecular formula is C16H11F4NO3. The van der Waals surface area contributed by atoms with Crippen molar-refractivity contribution >= 4 is 17.6 Å². The third-order valence-corrected chi connectivity index (χ3v) is 3.27. The van der Waals surface area contributed by atoms with Crippen molar-refractivity contribution in [2.45, 2.75) is 13.1 Å². The normalized spacial score (nSPS) is 11.2. The molecule has 2 aromatic rings. The Morgan fingerprint density at radius 3 is 2.33 bits per heavy atom. The molecule has 0 aromatic heterocycles. The molecule has 0 fully saturated rings. The first-order chi connectivity index (χ1) is 11.1. The molecule has 126 valence electrons. The van der Waals surface area contributed by atoms with Crippen LogP contribution in [-0.4, -0.2) is 17.0 Å². The summed E-state index contributed by atoms with van der Waals surface area (Å²) >= 11 is 0. The summed E-state index contributed by atoms with van der Waals surface area (Å²) in [7, 11) is 0. The fourth-order valence-corrected chi connectivity index (χ4v) is 1.99. The zero-order chi connectivity index (χ0) is 18.1. The minimum atomic E-state index is -4.69. The zero-order valence-corrected chi connectivity index (χ0v) is 12.2. The summed E-state index contributed by atoms with van der Waals surface area (Å²) in [5.74, 6) is -3.22. The summed E-state index contributed by atoms with van der Waals surface area (Å²) in [4.78, 5) is 23.1. The van der Waals surface area contributed by atoms with Crippen LogP contribution in [0.15, 0.2) is 36.4 Å². The van der Waals surface area contributed by atoms with Gasteiger partial charge in [-0.3, -0.25) is 4.79 Å². The molecule has 0 aliphatic heterocycles. The third-order valence-electron chi connectivity index (χ3n) is 3.27. The molecule has 0 saturated heterocycles. The molecule has 0 bridgehead atoms. The lowest BCUT2D eigenvalue weighted by Gasteiger charge is -2.11. The van der Waals surface area contributed by atoms with Crippen LogP contribution in [-0.2, 0) is 6.18 Å². The monoisotopic (exact) mass is 341 g/mol. The van der Waals surface area contributed by atoms with E-state index < -0.39 is 35.1 Å². The number of benzene rings is 2. The van der Waals surface area contributed by atoms with Gasteiger partial charge in [-0.25, -0.2) is 9.18 Å². The summed E-state index contributed by atoms with van der Waals surface area (Å²) in [5, 5.41) is 11.0. The largest absolute Gasteiger partial charge is 0.478 e. The van der Waals surface area contributed by atoms with Crippen molar-refractivity contribution in [1.29, 1.82) is 0 Å². The van der Waals surface area contributed by atoms with Crippen LogP contribution in [0.3, 0.4) is 0 Å². The quantitative estimate of drug-likeness (QED) is 0.826. The van der Waals surface area contributed by atoms with Crippen molar-refractivity contribution in [2.75, 3.05) is 5.32 Å². The number of carboxylic acids is 1. The Morgan fingerprint density at radius 2 is 1.75 bits per heavy atom. The number of aromatic carboxylic acids is 1. The van der Waals surface area contributed by atoms with Gasteiger partial charge in [0, 0.05) is 5.56 Å². The number of carbonyl (C=O) groups is 2. The first-order valence-electron chi connectivity index (χ1n) is 6.61. The smallest absolute Gasteiger partial charge is 0.416 e. The second kappa shape index (κ2) is 6.31. The zero-order valence-electron chi connectivity index (χ0n) is 12.2. The molecule has 0 heterocycles. The number of carbonyl (C=O) groups excluding carboxylic acids is 1. The molecule has 0 aliphatic rings. The number of rotatable bonds is 3. The van der Waals surface area contributed by atoms with Gasteiger partial charge in [-0.1, -0.05) is 6.07 Å². The van der Waals surface area contributed by atoms with Crippen LogP contribution < -0.4 is 5.32 Å². The molecule has 2 rings (SSSR count). The van der Waals surface area contributed by atoms with Gasteiger partial charge in [0.1, 0.15) is 5.82 Å². The number of halogens is 4. The Hall–Kier alpha value is -2.90. The van der Waals surface area contributed by atoms with Crippen LogP contribution >= 0.6 is 0 Å². The minimum absolute atomic E-state index is 0.116. The first-order valence-corrected chi connectivity index (χ1v) is 6.61. The molecule has 0 spiro atoms. The van der Waals surface area contributed by atoms with Crippen molar-refractivity contribution in [3.8, 4) is 0 Å². The highest BCUT2D eigenvalue weighted by Gasteiger charge is 2.31. The topological polar surface area (TPSA) is 66.4 Å². The Bertz CT molecular complexity index is 815. The second-order valence-corrected chi connectivity index (χ2v) is 4.98. The first kappa shape index (κ1) is 17.5. The molecule has 0 unspecified atom stereocenters. The van der Waals surface area contributed by atoms with Gasteiger partial charge in [0.15, 0.2) is 0 Å². The molecule has 0 radical (unpaired) electrons. The fourth-order valence-electron chi connectivity index (χ4n) is 1.99. The van der Waals surface area contributed by atoms with E-state index in [9.17, 15) is 27.2 Å². The van der Waals surface area contributed by atoms with E-state index in [0.717, 1.165) is 6.07 Å². The predicted molar refractivity (Wildman–Crippen MR) is 77.5 cm³/mol. The molecule has 0 saturated carbocycles. The number of aryl methyl sites for hydroxylation is 1. The molecule has 1 amide bonds. The molecule has 24 heavy (non-hydrogen) atoms. The summed E-state index contributed by atoms with van der Waals surface area (Å²) in [6.07, 6.45) is -4.69. The lowest BCUT2D eigenvalue weighted by atomic mass is 10.0. The van der Waals surface area contributed by atoms with E-state index in [-0.39, 0.29) is 11.1 Å². The Kier molecular flexibility index (Phi) is 4.59. The van der Waals surface area contributed by atoms with Crippen molar-refractivity contribution in [3.63, 3.8) is 0 Å². The molecule has 8 heteroatoms. The van der Waals surface area contributed by atoms with Crippen LogP contribution in [0.2, 0.25) is 0 Å². The molecule has 4 nitrogen and oxygen atoms in total. The van der Waals surface area contributed by atoms with E-state index in [2.05, 4.69) is 0 Å². The van der Waals surface area contributed by atoms with Crippen LogP contribution in [0.4, 0.5) is 23.2 Å². The molecule has 2 aromatic carbocycles. The van der Waals surface area contributed by atoms with Crippen molar-refractivity contribution in [1.82, 2.24) is 0 Å². The molecule has 2 N–H and O–H groups in total. The van der Waals surface area contributed by atoms with Crippen LogP contribution in [0.1, 0.15) is 31.8 Å². The third kappa shape index (κ3) is 3.70. The minimum Gasteiger partial charge on any atom is -0.478 e. The molecule has 0 aliphatic carbocycles. The van der Waals surface area contributed by atoms with E-state index in [1.165, 1.54) is 19.1 Å². The van der Waals surface area contributed by atoms with E-state index in [1.807, 2.05) is 5.32 Å². The van der Waals surface area contributed by atoms with Gasteiger partial charge >= 0.3 is 12.1 Å². The van der Waals surface area contributed by atoms with Crippen molar-refractivity contribution in [2.24, 2.45) is 0 Å². The average molecular weight is 341 g/mol. The number of hydrogen-bond donors (Lipinski definition) is 2. The number of amides is 1. The Balaban J connectivity index is 2.33. The van der Waals surface area contributed by atoms with Gasteiger partial charge < -0.3 is 10.4 Å². The van der Waals surface area contributed by atoms with Gasteiger partial charge in [-0.2, -0.15) is 13.2 Å². The Labute approximate surface area is 133 Å². The number of alkyl halides is 3. The highest BCUT2D eigenvalue weighted by molar-refractivity contribution is 6.05. The standard InChI is InChI=1S/C16H11F4NO3/c1-8-2-3-9(6-11(8)15(23)24)14(22)21-13-7-10(16(18,19)20)4-5-12(13)17/h2-7H,1H3,(H,21,22)(H,23,24). The predicted octanol–water partition coefficient (Wildman–Crippen LogP) is 4.10. The van der Waals surface area contributed by atoms with Gasteiger partial charge in [0.05, 0.1) is 16.8 Å². The number of carboxylic acid groups (broad SMARTS) is 1. The summed E-state index contributed by atoms with van der Waals surface area (Å²) in [6, 6.07) is 5.36. The summed E-state index contributed by atoms with van der Waals surface area (Å²) in [5.41, 5.74) is -1.60. The maximum absolute atomic E-state index is 13.6. The number of hydrogen-bond acceptors (Lipinski definition) is 2. The van der Waals surface area contributed by atoms with Gasteiger partial charge in [0.2, 0.25) is 0 Å². The van der Waals surface area contributed by atoms with Crippen molar-refractivity contribution in [3.05, 3.63) is 64.5 Å². The lowest BCUT2D eigenvalue weighted by Crippen LogP contribution is -2.15. The van der Waals surface area contributed by atoms with Crippen LogP contribution in [0.5, 0.6) is 0 Å². The van der Waals surface area contributed by atoms with Crippen LogP contribution in [0, 0.1) is 12.7 Å². The van der Waals surface area contributed by atoms with Gasteiger partial charge in [-0.15, -0.1) is 0 Å². The Morgan fingerprint density at radius 1 is 1.08 bits per heavy atom. The summed E-state index contributed by atoms with van der Waals surface area (Å²) < 4.78 is 51.6. The molecule has 0 atom stereocenters. The van der Waals surface area contributed by atoms with E-state index >= 15 is 0 Å². The maximum Gasteiger partial charge on any atom is 0.416 e. The van der Waals surface area contributed by atoms with Crippen molar-refractivity contribution < 1.29 is 32.3 Å². The fraction of sp³-hybridized carbons (Fsp3) is 0.125. The maximum atomic E-state index is 13.6. The SMILES string of the molecule is Cc1ccc(C(=O)Nc2cc(C(F)(F)F)ccc2F)cc1C(=O)O. The van der Waals surface area contributed by atoms with Gasteiger partial charge in [0.25, 0.3) is 5.91 Å². The average Bonchev–Trinajstić information content (AvgIpc) is 2.48. The highest BCUT2D eigenvalue weighted by atomic mass is 19.4. The number of anilines is 1. The van der Waals surface area contributed by atoms with E-state index in [1.54, 1.807) is 0 Å². The highest BCUT2D eigenvalue weighted by Crippen LogP contribution is 2.32. The van der Waals surface area contributed by atoms with E-state index in [4.69, 9.17) is 5.11 Å². The van der Waals surface area contributed by atoms with Gasteiger partial charge in [-0.05, 0) is 42.8 Å². The number of nitrogens with one attached hydrogen (secondary N) is 1. The molecular weight excluding hydrogens is 330 g/mol. The lowest BCUT2D eigenvalue weighted by molar-refractivity contribution is -0.137. The van der Waals surface area contributed by atoms with E-state index in [0.29, 0.717) is 23.8 Å². The summed E-state index contributed by atoms with van der Waals surface area (Å²) in [6.45, 7) is 1.53. The van der Waals surface area contributed by atoms with Crippen LogP contribution in [0.25, 0.3) is 0 Å².